The number of hydrogen-bond acceptors (Lipinski definition) is 1. The Hall–Kier alpha value is -2.09. The van der Waals surface area contributed by atoms with Gasteiger partial charge in [0, 0.05) is 23.7 Å². The summed E-state index contributed by atoms with van der Waals surface area (Å²) < 4.78 is 2.04. The van der Waals surface area contributed by atoms with Crippen molar-refractivity contribution in [2.24, 2.45) is 7.05 Å². The van der Waals surface area contributed by atoms with Gasteiger partial charge >= 0.3 is 0 Å². The molecule has 0 fully saturated rings. The van der Waals surface area contributed by atoms with Gasteiger partial charge in [-0.05, 0) is 12.1 Å². The third-order valence-electron chi connectivity index (χ3n) is 2.84. The number of aromatic nitrogens is 1. The molecule has 80 valence electrons. The minimum Gasteiger partial charge on any atom is -0.344 e. The molecule has 1 aromatic heterocycles. The molecule has 1 aromatic carbocycles. The highest BCUT2D eigenvalue weighted by Crippen LogP contribution is 2.16. The van der Waals surface area contributed by atoms with Crippen molar-refractivity contribution < 1.29 is 0 Å². The molecule has 0 spiro atoms. The number of fused-ring (bicyclic) bond motifs is 1. The average Bonchev–Trinajstić information content (AvgIpc) is 2.33. The first kappa shape index (κ1) is 10.4. The van der Waals surface area contributed by atoms with Crippen LogP contribution in [0.25, 0.3) is 23.1 Å². The number of pyridine rings is 1. The summed E-state index contributed by atoms with van der Waals surface area (Å²) in [6.07, 6.45) is 3.48. The fourth-order valence-electron chi connectivity index (χ4n) is 2.01. The molecule has 16 heavy (non-hydrogen) atoms. The lowest BCUT2D eigenvalue weighted by Gasteiger charge is -2.13. The van der Waals surface area contributed by atoms with Crippen molar-refractivity contribution in [2.75, 3.05) is 0 Å². The summed E-state index contributed by atoms with van der Waals surface area (Å²) in [5.74, 6) is 0. The summed E-state index contributed by atoms with van der Waals surface area (Å²) in [5, 5.41) is 9.60. The molecule has 2 aromatic rings. The number of benzene rings is 1. The highest BCUT2D eigenvalue weighted by molar-refractivity contribution is 5.83. The molecule has 1 N–H and O–H groups in total. The number of hydrogen-bond donors (Lipinski definition) is 1. The van der Waals surface area contributed by atoms with Crippen molar-refractivity contribution in [2.45, 2.75) is 0 Å². The van der Waals surface area contributed by atoms with E-state index in [4.69, 9.17) is 5.41 Å². The van der Waals surface area contributed by atoms with Crippen LogP contribution in [0.4, 0.5) is 0 Å². The Labute approximate surface area is 94.7 Å². The fraction of sp³-hybridized carbons (Fsp3) is 0.0714. The molecule has 0 bridgehead atoms. The first-order valence-electron chi connectivity index (χ1n) is 5.12. The minimum atomic E-state index is 0.513. The third-order valence-corrected chi connectivity index (χ3v) is 2.84. The largest absolute Gasteiger partial charge is 0.344 e. The summed E-state index contributed by atoms with van der Waals surface area (Å²) in [5.41, 5.74) is 2.79. The Balaban J connectivity index is 3.11. The maximum atomic E-state index is 8.15. The van der Waals surface area contributed by atoms with E-state index in [2.05, 4.69) is 13.2 Å². The number of nitrogens with zero attached hydrogens (tertiary/aromatic N) is 1. The second kappa shape index (κ2) is 3.81. The number of para-hydroxylation sites is 1. The van der Waals surface area contributed by atoms with Gasteiger partial charge in [0.05, 0.1) is 10.9 Å². The van der Waals surface area contributed by atoms with Crippen LogP contribution in [0.15, 0.2) is 37.4 Å². The average molecular weight is 210 g/mol. The van der Waals surface area contributed by atoms with Gasteiger partial charge in [0.25, 0.3) is 0 Å². The standard InChI is InChI=1S/C14H14N2/c1-4-10-12(5-2)16(3)13-9-7-6-8-11(13)14(10)15/h4-9,15H,1-2H2,3H3. The zero-order valence-corrected chi connectivity index (χ0v) is 9.33. The molecule has 2 nitrogen and oxygen atoms in total. The lowest BCUT2D eigenvalue weighted by Crippen LogP contribution is -2.14. The van der Waals surface area contributed by atoms with Gasteiger partial charge < -0.3 is 4.57 Å². The van der Waals surface area contributed by atoms with Gasteiger partial charge in [-0.2, -0.15) is 0 Å². The van der Waals surface area contributed by atoms with E-state index in [1.165, 1.54) is 0 Å². The van der Waals surface area contributed by atoms with E-state index in [-0.39, 0.29) is 0 Å². The molecule has 0 saturated heterocycles. The van der Waals surface area contributed by atoms with E-state index in [0.717, 1.165) is 22.2 Å². The Morgan fingerprint density at radius 2 is 1.88 bits per heavy atom. The summed E-state index contributed by atoms with van der Waals surface area (Å²) in [6.45, 7) is 7.56. The van der Waals surface area contributed by atoms with Crippen LogP contribution in [0.3, 0.4) is 0 Å². The van der Waals surface area contributed by atoms with Gasteiger partial charge in [-0.3, -0.25) is 5.41 Å². The maximum absolute atomic E-state index is 8.15. The Morgan fingerprint density at radius 1 is 1.19 bits per heavy atom. The van der Waals surface area contributed by atoms with Crippen LogP contribution in [-0.4, -0.2) is 4.57 Å². The first-order valence-corrected chi connectivity index (χ1v) is 5.12. The molecular formula is C14H14N2. The zero-order chi connectivity index (χ0) is 11.7. The van der Waals surface area contributed by atoms with E-state index >= 15 is 0 Å². The molecule has 2 heteroatoms. The van der Waals surface area contributed by atoms with Crippen molar-refractivity contribution in [1.29, 1.82) is 5.41 Å². The topological polar surface area (TPSA) is 28.8 Å². The van der Waals surface area contributed by atoms with E-state index < -0.39 is 0 Å². The lowest BCUT2D eigenvalue weighted by atomic mass is 10.1. The SMILES string of the molecule is C=Cc1c(C=C)n(C)c2ccccc2c1=N. The van der Waals surface area contributed by atoms with Crippen molar-refractivity contribution in [3.8, 4) is 0 Å². The molecule has 0 saturated carbocycles. The molecule has 0 aliphatic heterocycles. The summed E-state index contributed by atoms with van der Waals surface area (Å²) in [6, 6.07) is 7.88. The predicted octanol–water partition coefficient (Wildman–Crippen LogP) is 2.94. The smallest absolute Gasteiger partial charge is 0.0726 e. The van der Waals surface area contributed by atoms with E-state index in [0.29, 0.717) is 5.36 Å². The van der Waals surface area contributed by atoms with Crippen molar-refractivity contribution in [3.05, 3.63) is 54.0 Å². The number of rotatable bonds is 2. The van der Waals surface area contributed by atoms with Crippen LogP contribution in [0.1, 0.15) is 11.3 Å². The highest BCUT2D eigenvalue weighted by atomic mass is 14.9. The quantitative estimate of drug-likeness (QED) is 0.789. The second-order valence-electron chi connectivity index (χ2n) is 3.66. The van der Waals surface area contributed by atoms with Crippen LogP contribution in [0, 0.1) is 5.41 Å². The lowest BCUT2D eigenvalue weighted by molar-refractivity contribution is 0.928. The van der Waals surface area contributed by atoms with E-state index in [1.54, 1.807) is 12.2 Å². The molecule has 0 amide bonds. The predicted molar refractivity (Wildman–Crippen MR) is 69.0 cm³/mol. The molecule has 0 aliphatic carbocycles. The maximum Gasteiger partial charge on any atom is 0.0726 e. The first-order chi connectivity index (χ1) is 7.70. The minimum absolute atomic E-state index is 0.513. The molecule has 0 atom stereocenters. The molecular weight excluding hydrogens is 196 g/mol. The highest BCUT2D eigenvalue weighted by Gasteiger charge is 2.07. The normalized spacial score (nSPS) is 10.3. The Morgan fingerprint density at radius 3 is 2.50 bits per heavy atom. The molecule has 1 heterocycles. The van der Waals surface area contributed by atoms with Gasteiger partial charge in [-0.1, -0.05) is 37.4 Å². The summed E-state index contributed by atoms with van der Waals surface area (Å²) in [4.78, 5) is 0. The fourth-order valence-corrected chi connectivity index (χ4v) is 2.01. The van der Waals surface area contributed by atoms with Crippen LogP contribution in [0.5, 0.6) is 0 Å². The van der Waals surface area contributed by atoms with Crippen molar-refractivity contribution in [3.63, 3.8) is 0 Å². The van der Waals surface area contributed by atoms with Crippen molar-refractivity contribution in [1.82, 2.24) is 4.57 Å². The number of nitrogens with one attached hydrogen (secondary N) is 1. The van der Waals surface area contributed by atoms with Crippen LogP contribution >= 0.6 is 0 Å². The van der Waals surface area contributed by atoms with Gasteiger partial charge in [-0.25, -0.2) is 0 Å². The Kier molecular flexibility index (Phi) is 2.49. The molecule has 0 unspecified atom stereocenters. The van der Waals surface area contributed by atoms with Gasteiger partial charge in [-0.15, -0.1) is 0 Å². The van der Waals surface area contributed by atoms with Gasteiger partial charge in [0.15, 0.2) is 0 Å². The second-order valence-corrected chi connectivity index (χ2v) is 3.66. The molecule has 0 aliphatic rings. The number of aryl methyl sites for hydroxylation is 1. The van der Waals surface area contributed by atoms with Crippen LogP contribution < -0.4 is 5.36 Å². The molecule has 2 rings (SSSR count). The Bertz CT molecular complexity index is 633. The third kappa shape index (κ3) is 1.31. The van der Waals surface area contributed by atoms with E-state index in [9.17, 15) is 0 Å². The van der Waals surface area contributed by atoms with Crippen molar-refractivity contribution >= 4 is 23.1 Å². The summed E-state index contributed by atoms with van der Waals surface area (Å²) >= 11 is 0. The van der Waals surface area contributed by atoms with Crippen LogP contribution in [-0.2, 0) is 7.05 Å². The van der Waals surface area contributed by atoms with E-state index in [1.807, 2.05) is 35.9 Å². The van der Waals surface area contributed by atoms with Crippen LogP contribution in [0.2, 0.25) is 0 Å². The molecule has 0 radical (unpaired) electrons. The zero-order valence-electron chi connectivity index (χ0n) is 9.33. The monoisotopic (exact) mass is 210 g/mol. The van der Waals surface area contributed by atoms with Gasteiger partial charge in [0.2, 0.25) is 0 Å². The summed E-state index contributed by atoms with van der Waals surface area (Å²) in [7, 11) is 1.98. The van der Waals surface area contributed by atoms with Gasteiger partial charge in [0.1, 0.15) is 0 Å².